The highest BCUT2D eigenvalue weighted by atomic mass is 16.4. The van der Waals surface area contributed by atoms with Crippen LogP contribution in [0.4, 0.5) is 0 Å². The second-order valence-corrected chi connectivity index (χ2v) is 4.76. The van der Waals surface area contributed by atoms with E-state index in [1.165, 1.54) is 12.3 Å². The SMILES string of the molecule is [2H]C([2H])([2H])C([2H])(C([2H])([2H])[2H])C1(C)N=C(c2ncc(CC)cc2C(=O)O)NC1=O. The Kier molecular flexibility index (Phi) is 2.07. The number of rotatable bonds is 4. The lowest BCUT2D eigenvalue weighted by molar-refractivity contribution is -0.124. The number of aryl methyl sites for hydroxylation is 1. The van der Waals surface area contributed by atoms with E-state index in [1.54, 1.807) is 6.92 Å². The summed E-state index contributed by atoms with van der Waals surface area (Å²) in [6, 6.07) is 1.33. The molecular weight excluding hydrogens is 270 g/mol. The summed E-state index contributed by atoms with van der Waals surface area (Å²) < 4.78 is 53.8. The molecule has 21 heavy (non-hydrogen) atoms. The van der Waals surface area contributed by atoms with Gasteiger partial charge >= 0.3 is 5.97 Å². The number of carbonyl (C=O) groups excluding carboxylic acids is 1. The van der Waals surface area contributed by atoms with Crippen LogP contribution in [0.2, 0.25) is 0 Å². The first-order valence-corrected chi connectivity index (χ1v) is 6.24. The molecular formula is C15H19N3O3. The van der Waals surface area contributed by atoms with Gasteiger partial charge in [0.1, 0.15) is 11.2 Å². The Morgan fingerprint density at radius 2 is 2.33 bits per heavy atom. The second-order valence-electron chi connectivity index (χ2n) is 4.76. The molecule has 6 heteroatoms. The van der Waals surface area contributed by atoms with Crippen LogP contribution in [0, 0.1) is 5.89 Å². The van der Waals surface area contributed by atoms with Crippen molar-refractivity contribution in [3.05, 3.63) is 29.1 Å². The van der Waals surface area contributed by atoms with Crippen molar-refractivity contribution in [2.45, 2.75) is 39.5 Å². The van der Waals surface area contributed by atoms with Gasteiger partial charge in [0.15, 0.2) is 5.84 Å². The molecule has 1 atom stereocenters. The molecule has 2 N–H and O–H groups in total. The number of carboxylic acids is 1. The molecule has 1 amide bonds. The Hall–Kier alpha value is -2.24. The lowest BCUT2D eigenvalue weighted by Crippen LogP contribution is -2.41. The summed E-state index contributed by atoms with van der Waals surface area (Å²) >= 11 is 0. The Morgan fingerprint density at radius 1 is 1.62 bits per heavy atom. The van der Waals surface area contributed by atoms with Gasteiger partial charge in [0.25, 0.3) is 5.91 Å². The van der Waals surface area contributed by atoms with Crippen LogP contribution in [0.1, 0.15) is 58.8 Å². The highest BCUT2D eigenvalue weighted by Crippen LogP contribution is 2.27. The monoisotopic (exact) mass is 296 g/mol. The number of aliphatic imine (C=N–C) groups is 1. The van der Waals surface area contributed by atoms with Crippen molar-refractivity contribution in [1.82, 2.24) is 10.3 Å². The minimum atomic E-state index is -3.39. The lowest BCUT2D eigenvalue weighted by atomic mass is 9.89. The molecule has 2 rings (SSSR count). The predicted molar refractivity (Wildman–Crippen MR) is 78.5 cm³/mol. The highest BCUT2D eigenvalue weighted by molar-refractivity contribution is 6.17. The van der Waals surface area contributed by atoms with Crippen LogP contribution < -0.4 is 5.32 Å². The molecule has 0 saturated carbocycles. The van der Waals surface area contributed by atoms with Crippen molar-refractivity contribution in [2.24, 2.45) is 10.9 Å². The van der Waals surface area contributed by atoms with Crippen LogP contribution >= 0.6 is 0 Å². The largest absolute Gasteiger partial charge is 0.478 e. The van der Waals surface area contributed by atoms with Crippen molar-refractivity contribution >= 4 is 17.7 Å². The van der Waals surface area contributed by atoms with E-state index >= 15 is 0 Å². The first-order valence-electron chi connectivity index (χ1n) is 9.74. The average Bonchev–Trinajstić information content (AvgIpc) is 2.87. The Bertz CT molecular complexity index is 849. The quantitative estimate of drug-likeness (QED) is 0.883. The molecule has 0 saturated heterocycles. The molecule has 0 spiro atoms. The zero-order valence-electron chi connectivity index (χ0n) is 18.5. The summed E-state index contributed by atoms with van der Waals surface area (Å²) in [6.07, 6.45) is 1.87. The number of amidine groups is 1. The smallest absolute Gasteiger partial charge is 0.338 e. The molecule has 1 aliphatic heterocycles. The number of hydrogen-bond donors (Lipinski definition) is 2. The molecule has 112 valence electrons. The number of aromatic carboxylic acids is 1. The molecule has 1 aromatic heterocycles. The van der Waals surface area contributed by atoms with E-state index in [2.05, 4.69) is 15.3 Å². The van der Waals surface area contributed by atoms with Gasteiger partial charge < -0.3 is 10.4 Å². The van der Waals surface area contributed by atoms with Gasteiger partial charge in [-0.3, -0.25) is 9.78 Å². The van der Waals surface area contributed by atoms with Crippen LogP contribution in [0.25, 0.3) is 0 Å². The number of aromatic nitrogens is 1. The minimum Gasteiger partial charge on any atom is -0.478 e. The number of hydrogen-bond acceptors (Lipinski definition) is 4. The number of nitrogens with zero attached hydrogens (tertiary/aromatic N) is 2. The van der Waals surface area contributed by atoms with E-state index in [4.69, 9.17) is 9.60 Å². The van der Waals surface area contributed by atoms with Crippen molar-refractivity contribution in [2.75, 3.05) is 0 Å². The van der Waals surface area contributed by atoms with Gasteiger partial charge in [-0.15, -0.1) is 0 Å². The van der Waals surface area contributed by atoms with Crippen LogP contribution in [0.3, 0.4) is 0 Å². The molecule has 0 radical (unpaired) electrons. The number of pyridine rings is 1. The zero-order chi connectivity index (χ0) is 21.7. The van der Waals surface area contributed by atoms with Gasteiger partial charge in [-0.05, 0) is 30.9 Å². The van der Waals surface area contributed by atoms with Gasteiger partial charge in [-0.2, -0.15) is 0 Å². The summed E-state index contributed by atoms with van der Waals surface area (Å²) in [5.74, 6) is -6.15. The molecule has 1 unspecified atom stereocenters. The van der Waals surface area contributed by atoms with Crippen molar-refractivity contribution in [1.29, 1.82) is 0 Å². The summed E-state index contributed by atoms with van der Waals surface area (Å²) in [4.78, 5) is 32.1. The maximum atomic E-state index is 12.6. The fraction of sp³-hybridized carbons (Fsp3) is 0.467. The minimum absolute atomic E-state index is 0.250. The zero-order valence-corrected chi connectivity index (χ0v) is 11.5. The van der Waals surface area contributed by atoms with E-state index in [1.807, 2.05) is 0 Å². The van der Waals surface area contributed by atoms with E-state index in [9.17, 15) is 14.7 Å². The fourth-order valence-electron chi connectivity index (χ4n) is 1.87. The van der Waals surface area contributed by atoms with E-state index in [0.717, 1.165) is 6.92 Å². The summed E-state index contributed by atoms with van der Waals surface area (Å²) in [5.41, 5.74) is -2.46. The van der Waals surface area contributed by atoms with Crippen LogP contribution in [0.5, 0.6) is 0 Å². The number of carboxylic acid groups (broad SMARTS) is 1. The van der Waals surface area contributed by atoms with Gasteiger partial charge in [0.05, 0.1) is 5.56 Å². The van der Waals surface area contributed by atoms with Gasteiger partial charge in [0, 0.05) is 15.8 Å². The van der Waals surface area contributed by atoms with Crippen LogP contribution in [-0.2, 0) is 11.2 Å². The lowest BCUT2D eigenvalue weighted by Gasteiger charge is -2.21. The summed E-state index contributed by atoms with van der Waals surface area (Å²) in [6.45, 7) is -4.06. The van der Waals surface area contributed by atoms with Crippen LogP contribution in [-0.4, -0.2) is 33.3 Å². The Labute approximate surface area is 133 Å². The molecule has 1 aromatic rings. The standard InChI is InChI=1S/C15H19N3O3/c1-5-9-6-10(13(19)20)11(16-7-9)12-17-14(21)15(4,18-12)8(2)3/h6-8H,5H2,1-4H3,(H,19,20)(H,17,18,21)/i2D3,3D3,8D. The van der Waals surface area contributed by atoms with Crippen molar-refractivity contribution < 1.29 is 24.3 Å². The fourth-order valence-corrected chi connectivity index (χ4v) is 1.87. The molecule has 6 nitrogen and oxygen atoms in total. The molecule has 0 aromatic carbocycles. The van der Waals surface area contributed by atoms with E-state index < -0.39 is 42.8 Å². The number of amides is 1. The third kappa shape index (κ3) is 2.53. The summed E-state index contributed by atoms with van der Waals surface area (Å²) in [7, 11) is 0. The number of carbonyl (C=O) groups is 2. The van der Waals surface area contributed by atoms with Crippen LogP contribution in [0.15, 0.2) is 17.3 Å². The topological polar surface area (TPSA) is 91.7 Å². The third-order valence-electron chi connectivity index (χ3n) is 3.30. The molecule has 0 fully saturated rings. The first-order chi connectivity index (χ1) is 12.6. The third-order valence-corrected chi connectivity index (χ3v) is 3.30. The van der Waals surface area contributed by atoms with Gasteiger partial charge in [-0.25, -0.2) is 9.79 Å². The first kappa shape index (κ1) is 8.26. The molecule has 2 heterocycles. The molecule has 0 bridgehead atoms. The molecule has 0 aliphatic carbocycles. The van der Waals surface area contributed by atoms with Crippen molar-refractivity contribution in [3.8, 4) is 0 Å². The van der Waals surface area contributed by atoms with Crippen molar-refractivity contribution in [3.63, 3.8) is 0 Å². The Balaban J connectivity index is 2.72. The second kappa shape index (κ2) is 5.27. The normalized spacial score (nSPS) is 28.0. The maximum absolute atomic E-state index is 12.6. The van der Waals surface area contributed by atoms with Gasteiger partial charge in [0.2, 0.25) is 0 Å². The summed E-state index contributed by atoms with van der Waals surface area (Å²) in [5, 5.41) is 11.6. The van der Waals surface area contributed by atoms with Gasteiger partial charge in [-0.1, -0.05) is 20.6 Å². The predicted octanol–water partition coefficient (Wildman–Crippen LogP) is 1.63. The number of nitrogens with one attached hydrogen (secondary N) is 1. The highest BCUT2D eigenvalue weighted by Gasteiger charge is 2.43. The van der Waals surface area contributed by atoms with E-state index in [-0.39, 0.29) is 11.3 Å². The Morgan fingerprint density at radius 3 is 2.90 bits per heavy atom. The van der Waals surface area contributed by atoms with E-state index in [0.29, 0.717) is 12.0 Å². The average molecular weight is 296 g/mol. The molecule has 1 aliphatic rings. The maximum Gasteiger partial charge on any atom is 0.338 e.